The van der Waals surface area contributed by atoms with Crippen LogP contribution in [0.5, 0.6) is 0 Å². The molecule has 0 rings (SSSR count). The summed E-state index contributed by atoms with van der Waals surface area (Å²) in [5, 5.41) is 24.6. The number of diazo groups is 1. The van der Waals surface area contributed by atoms with Crippen LogP contribution in [0.3, 0.4) is 0 Å². The number of hydrogen-bond acceptors (Lipinski definition) is 4. The molecule has 0 radical (unpaired) electrons. The van der Waals surface area contributed by atoms with E-state index in [1.165, 1.54) is 0 Å². The Morgan fingerprint density at radius 3 is 2.43 bits per heavy atom. The summed E-state index contributed by atoms with van der Waals surface area (Å²) in [6, 6.07) is 0. The van der Waals surface area contributed by atoms with Crippen molar-refractivity contribution in [3.63, 3.8) is 0 Å². The minimum atomic E-state index is -2.11. The lowest BCUT2D eigenvalue weighted by molar-refractivity contribution is -0.312. The highest BCUT2D eigenvalue weighted by Gasteiger charge is 2.13. The number of aliphatic hydroxyl groups excluding tert-OH is 1. The van der Waals surface area contributed by atoms with Gasteiger partial charge in [-0.05, 0) is 0 Å². The third-order valence-corrected chi connectivity index (χ3v) is 0.320. The summed E-state index contributed by atoms with van der Waals surface area (Å²) in [5.41, 5.74) is 0. The number of carboxylic acid groups (broad SMARTS) is 1. The van der Waals surface area contributed by atoms with Crippen LogP contribution < -0.4 is 5.11 Å². The van der Waals surface area contributed by atoms with E-state index in [2.05, 4.69) is 0 Å². The summed E-state index contributed by atoms with van der Waals surface area (Å²) in [7, 11) is 0. The van der Waals surface area contributed by atoms with Crippen LogP contribution in [-0.4, -0.2) is 17.3 Å². The quantitative estimate of drug-likeness (QED) is 0.384. The third kappa shape index (κ3) is 1.67. The number of carbonyl (C=O) groups excluding carboxylic acids is 1. The summed E-state index contributed by atoms with van der Waals surface area (Å²) >= 11 is 0. The topological polar surface area (TPSA) is 88.5 Å². The molecule has 0 aromatic rings. The van der Waals surface area contributed by atoms with Crippen LogP contribution in [0.25, 0.3) is 4.98 Å². The number of carbonyl (C=O) groups is 1. The first-order valence-electron chi connectivity index (χ1n) is 1.41. The Morgan fingerprint density at radius 1 is 2.00 bits per heavy atom. The molecule has 0 aliphatic carbocycles. The molecule has 7 heavy (non-hydrogen) atoms. The van der Waals surface area contributed by atoms with Crippen LogP contribution in [-0.2, 0) is 4.79 Å². The second kappa shape index (κ2) is 2.10. The Balaban J connectivity index is 3.63. The lowest BCUT2D eigenvalue weighted by Crippen LogP contribution is -2.32. The summed E-state index contributed by atoms with van der Waals surface area (Å²) in [5.74, 6) is -1.82. The van der Waals surface area contributed by atoms with Crippen molar-refractivity contribution in [2.75, 3.05) is 0 Å². The predicted molar refractivity (Wildman–Crippen MR) is 16.1 cm³/mol. The normalized spacial score (nSPS) is 12.0. The first kappa shape index (κ1) is 5.85. The highest BCUT2D eigenvalue weighted by Crippen LogP contribution is 1.76. The fraction of sp³-hybridized carbons (Fsp3) is 0.500. The van der Waals surface area contributed by atoms with Crippen molar-refractivity contribution >= 4 is 5.97 Å². The Morgan fingerprint density at radius 2 is 2.43 bits per heavy atom. The first-order chi connectivity index (χ1) is 3.18. The van der Waals surface area contributed by atoms with Crippen LogP contribution in [0.2, 0.25) is 0 Å². The van der Waals surface area contributed by atoms with Gasteiger partial charge in [-0.1, -0.05) is 0 Å². The molecule has 0 fully saturated rings. The van der Waals surface area contributed by atoms with Crippen LogP contribution in [0.1, 0.15) is 0 Å². The van der Waals surface area contributed by atoms with Gasteiger partial charge < -0.3 is 15.0 Å². The fourth-order valence-electron chi connectivity index (χ4n) is 0.0471. The SMILES string of the molecule is N#[N+]C(O)C(=O)[O-]. The van der Waals surface area contributed by atoms with Crippen LogP contribution >= 0.6 is 0 Å². The number of hydrogen-bond donors (Lipinski definition) is 1. The summed E-state index contributed by atoms with van der Waals surface area (Å²) in [6.45, 7) is 0. The molecule has 0 aromatic carbocycles. The average Bonchev–Trinajstić information content (AvgIpc) is 1.65. The van der Waals surface area contributed by atoms with Gasteiger partial charge in [-0.15, -0.1) is 0 Å². The largest absolute Gasteiger partial charge is 0.540 e. The van der Waals surface area contributed by atoms with Crippen molar-refractivity contribution in [1.82, 2.24) is 0 Å². The molecule has 0 aliphatic heterocycles. The van der Waals surface area contributed by atoms with Crippen LogP contribution in [0, 0.1) is 5.39 Å². The molecule has 1 atom stereocenters. The molecule has 5 nitrogen and oxygen atoms in total. The zero-order valence-corrected chi connectivity index (χ0v) is 3.24. The Labute approximate surface area is 38.8 Å². The monoisotopic (exact) mass is 102 g/mol. The molecule has 38 valence electrons. The molecular weight excluding hydrogens is 100 g/mol. The maximum atomic E-state index is 9.32. The molecule has 0 amide bonds. The van der Waals surface area contributed by atoms with E-state index in [-0.39, 0.29) is 0 Å². The molecule has 0 saturated heterocycles. The second-order valence-electron chi connectivity index (χ2n) is 0.808. The number of carboxylic acids is 1. The molecule has 0 aromatic heterocycles. The number of nitrogens with zero attached hydrogens (tertiary/aromatic N) is 2. The van der Waals surface area contributed by atoms with E-state index in [0.29, 0.717) is 0 Å². The standard InChI is InChI=1S/C2H2N2O3/c3-4-1(5)2(6)7/h1,5H. The average molecular weight is 102 g/mol. The van der Waals surface area contributed by atoms with Gasteiger partial charge in [0.05, 0.1) is 0 Å². The van der Waals surface area contributed by atoms with Crippen molar-refractivity contribution in [3.05, 3.63) is 4.98 Å². The van der Waals surface area contributed by atoms with Crippen molar-refractivity contribution in [3.8, 4) is 0 Å². The van der Waals surface area contributed by atoms with Gasteiger partial charge in [0.15, 0.2) is 10.9 Å². The van der Waals surface area contributed by atoms with E-state index >= 15 is 0 Å². The highest BCUT2D eigenvalue weighted by molar-refractivity contribution is 5.70. The molecule has 1 N–H and O–H groups in total. The van der Waals surface area contributed by atoms with E-state index in [1.807, 2.05) is 4.98 Å². The number of aliphatic carboxylic acids is 1. The van der Waals surface area contributed by atoms with Crippen molar-refractivity contribution in [2.24, 2.45) is 0 Å². The van der Waals surface area contributed by atoms with Crippen molar-refractivity contribution in [1.29, 1.82) is 5.39 Å². The number of rotatable bonds is 1. The predicted octanol–water partition coefficient (Wildman–Crippen LogP) is -2.09. The van der Waals surface area contributed by atoms with Gasteiger partial charge in [-0.2, -0.15) is 0 Å². The van der Waals surface area contributed by atoms with Crippen LogP contribution in [0.15, 0.2) is 0 Å². The molecule has 0 heterocycles. The third-order valence-electron chi connectivity index (χ3n) is 0.320. The lowest BCUT2D eigenvalue weighted by Gasteiger charge is -1.86. The zero-order valence-electron chi connectivity index (χ0n) is 3.24. The van der Waals surface area contributed by atoms with Gasteiger partial charge in [0, 0.05) is 0 Å². The molecule has 0 aliphatic rings. The highest BCUT2D eigenvalue weighted by atomic mass is 16.4. The minimum Gasteiger partial charge on any atom is -0.540 e. The fourth-order valence-corrected chi connectivity index (χ4v) is 0.0471. The molecule has 5 heteroatoms. The smallest absolute Gasteiger partial charge is 0.457 e. The van der Waals surface area contributed by atoms with Gasteiger partial charge in [0.2, 0.25) is 5.39 Å². The van der Waals surface area contributed by atoms with Crippen molar-refractivity contribution in [2.45, 2.75) is 6.23 Å². The molecule has 0 spiro atoms. The number of aliphatic hydroxyl groups is 1. The summed E-state index contributed by atoms with van der Waals surface area (Å²) < 4.78 is 0. The molecule has 0 saturated carbocycles. The van der Waals surface area contributed by atoms with E-state index in [4.69, 9.17) is 10.5 Å². The van der Waals surface area contributed by atoms with E-state index in [9.17, 15) is 9.90 Å². The van der Waals surface area contributed by atoms with Gasteiger partial charge in [0.25, 0.3) is 0 Å². The van der Waals surface area contributed by atoms with Gasteiger partial charge in [-0.25, -0.2) is 0 Å². The van der Waals surface area contributed by atoms with E-state index in [1.54, 1.807) is 0 Å². The lowest BCUT2D eigenvalue weighted by atomic mass is 10.6. The second-order valence-corrected chi connectivity index (χ2v) is 0.808. The van der Waals surface area contributed by atoms with Crippen molar-refractivity contribution < 1.29 is 15.0 Å². The maximum absolute atomic E-state index is 9.32. The Bertz CT molecular complexity index is 115. The maximum Gasteiger partial charge on any atom is 0.457 e. The van der Waals surface area contributed by atoms with Gasteiger partial charge in [0.1, 0.15) is 0 Å². The minimum absolute atomic E-state index is 1.82. The Kier molecular flexibility index (Phi) is 1.76. The van der Waals surface area contributed by atoms with Crippen LogP contribution in [0.4, 0.5) is 0 Å². The first-order valence-corrected chi connectivity index (χ1v) is 1.41. The molecule has 1 unspecified atom stereocenters. The molecular formula is C2H2N2O3. The van der Waals surface area contributed by atoms with E-state index in [0.717, 1.165) is 0 Å². The zero-order chi connectivity index (χ0) is 5.86. The Hall–Kier alpha value is -1.15. The van der Waals surface area contributed by atoms with E-state index < -0.39 is 12.2 Å². The van der Waals surface area contributed by atoms with Gasteiger partial charge in [-0.3, -0.25) is 0 Å². The summed E-state index contributed by atoms with van der Waals surface area (Å²) in [4.78, 5) is 11.3. The summed E-state index contributed by atoms with van der Waals surface area (Å²) in [6.07, 6.45) is -2.11. The van der Waals surface area contributed by atoms with Gasteiger partial charge >= 0.3 is 6.23 Å². The molecule has 0 bridgehead atoms.